The molecule has 0 unspecified atom stereocenters. The van der Waals surface area contributed by atoms with Gasteiger partial charge in [-0.2, -0.15) is 0 Å². The van der Waals surface area contributed by atoms with E-state index in [0.29, 0.717) is 6.54 Å². The molecule has 0 aliphatic heterocycles. The molecular weight excluding hydrogens is 499 g/mol. The van der Waals surface area contributed by atoms with Crippen LogP contribution in [0.3, 0.4) is 0 Å². The zero-order chi connectivity index (χ0) is 19.8. The minimum atomic E-state index is 0. The number of benzene rings is 1. The Morgan fingerprint density at radius 3 is 2.62 bits per heavy atom. The minimum absolute atomic E-state index is 0. The summed E-state index contributed by atoms with van der Waals surface area (Å²) in [5.41, 5.74) is 2.17. The number of nitrogens with one attached hydrogen (secondary N) is 2. The van der Waals surface area contributed by atoms with Crippen LogP contribution >= 0.6 is 35.6 Å². The number of nitrogens with zero attached hydrogens (tertiary/aromatic N) is 4. The monoisotopic (exact) mass is 524 g/mol. The summed E-state index contributed by atoms with van der Waals surface area (Å²) in [7, 11) is 0. The number of pyridine rings is 1. The maximum atomic E-state index is 6.22. The first-order chi connectivity index (χ1) is 13.7. The van der Waals surface area contributed by atoms with E-state index in [1.807, 2.05) is 60.3 Å². The lowest BCUT2D eigenvalue weighted by Gasteiger charge is -2.12. The minimum Gasteiger partial charge on any atom is -0.357 e. The lowest BCUT2D eigenvalue weighted by atomic mass is 10.1. The second-order valence-corrected chi connectivity index (χ2v) is 6.74. The van der Waals surface area contributed by atoms with Crippen LogP contribution < -0.4 is 10.6 Å². The third-order valence-electron chi connectivity index (χ3n) is 4.29. The van der Waals surface area contributed by atoms with Crippen LogP contribution in [0.5, 0.6) is 0 Å². The van der Waals surface area contributed by atoms with E-state index >= 15 is 0 Å². The Labute approximate surface area is 193 Å². The molecule has 6 nitrogen and oxygen atoms in total. The van der Waals surface area contributed by atoms with Crippen molar-refractivity contribution >= 4 is 41.5 Å². The SMILES string of the molecule is CCNC(=NCc1ccc(-n2ccnc2C)nc1)NCCc1ccccc1Cl.I. The molecule has 0 saturated carbocycles. The molecule has 3 aromatic rings. The van der Waals surface area contributed by atoms with Gasteiger partial charge in [-0.25, -0.2) is 15.0 Å². The summed E-state index contributed by atoms with van der Waals surface area (Å²) in [5, 5.41) is 7.42. The smallest absolute Gasteiger partial charge is 0.191 e. The van der Waals surface area contributed by atoms with Gasteiger partial charge in [-0.1, -0.05) is 35.9 Å². The van der Waals surface area contributed by atoms with Crippen LogP contribution in [0.25, 0.3) is 5.82 Å². The Hall–Kier alpha value is -2.13. The van der Waals surface area contributed by atoms with Crippen LogP contribution in [-0.2, 0) is 13.0 Å². The van der Waals surface area contributed by atoms with E-state index in [9.17, 15) is 0 Å². The van der Waals surface area contributed by atoms with Crippen LogP contribution in [-0.4, -0.2) is 33.6 Å². The predicted molar refractivity (Wildman–Crippen MR) is 129 cm³/mol. The quantitative estimate of drug-likeness (QED) is 0.277. The highest BCUT2D eigenvalue weighted by Gasteiger charge is 2.03. The maximum Gasteiger partial charge on any atom is 0.191 e. The van der Waals surface area contributed by atoms with E-state index in [2.05, 4.69) is 32.5 Å². The van der Waals surface area contributed by atoms with Gasteiger partial charge >= 0.3 is 0 Å². The number of imidazole rings is 1. The molecule has 8 heteroatoms. The average molecular weight is 525 g/mol. The number of aromatic nitrogens is 3. The van der Waals surface area contributed by atoms with Crippen molar-refractivity contribution in [3.8, 4) is 5.82 Å². The largest absolute Gasteiger partial charge is 0.357 e. The second-order valence-electron chi connectivity index (χ2n) is 6.33. The number of hydrogen-bond acceptors (Lipinski definition) is 3. The summed E-state index contributed by atoms with van der Waals surface area (Å²) in [4.78, 5) is 13.4. The Kier molecular flexibility index (Phi) is 9.40. The van der Waals surface area contributed by atoms with Crippen molar-refractivity contribution in [3.05, 3.63) is 77.0 Å². The van der Waals surface area contributed by atoms with Crippen molar-refractivity contribution in [1.29, 1.82) is 0 Å². The molecule has 0 amide bonds. The van der Waals surface area contributed by atoms with E-state index in [1.165, 1.54) is 0 Å². The van der Waals surface area contributed by atoms with Gasteiger partial charge in [0.2, 0.25) is 0 Å². The third-order valence-corrected chi connectivity index (χ3v) is 4.66. The van der Waals surface area contributed by atoms with Crippen LogP contribution in [0.1, 0.15) is 23.9 Å². The van der Waals surface area contributed by atoms with Crippen molar-refractivity contribution in [2.45, 2.75) is 26.8 Å². The molecule has 0 atom stereocenters. The fourth-order valence-corrected chi connectivity index (χ4v) is 3.03. The number of aliphatic imine (C=N–C) groups is 1. The highest BCUT2D eigenvalue weighted by atomic mass is 127. The number of rotatable bonds is 7. The van der Waals surface area contributed by atoms with E-state index < -0.39 is 0 Å². The van der Waals surface area contributed by atoms with Gasteiger partial charge in [-0.05, 0) is 43.5 Å². The molecule has 1 aromatic carbocycles. The lowest BCUT2D eigenvalue weighted by molar-refractivity contribution is 0.799. The molecule has 0 spiro atoms. The summed E-state index contributed by atoms with van der Waals surface area (Å²) in [6.45, 7) is 6.12. The first-order valence-electron chi connectivity index (χ1n) is 9.38. The fraction of sp³-hybridized carbons (Fsp3) is 0.286. The first kappa shape index (κ1) is 23.2. The molecule has 2 heterocycles. The first-order valence-corrected chi connectivity index (χ1v) is 9.76. The average Bonchev–Trinajstić information content (AvgIpc) is 3.14. The van der Waals surface area contributed by atoms with E-state index in [-0.39, 0.29) is 24.0 Å². The van der Waals surface area contributed by atoms with Crippen LogP contribution in [0.2, 0.25) is 5.02 Å². The highest BCUT2D eigenvalue weighted by molar-refractivity contribution is 14.0. The van der Waals surface area contributed by atoms with Crippen molar-refractivity contribution in [2.75, 3.05) is 13.1 Å². The van der Waals surface area contributed by atoms with Gasteiger partial charge in [0.05, 0.1) is 6.54 Å². The highest BCUT2D eigenvalue weighted by Crippen LogP contribution is 2.14. The molecule has 0 saturated heterocycles. The number of guanidine groups is 1. The van der Waals surface area contributed by atoms with E-state index in [0.717, 1.165) is 53.3 Å². The number of aryl methyl sites for hydroxylation is 1. The van der Waals surface area contributed by atoms with Crippen molar-refractivity contribution in [2.24, 2.45) is 4.99 Å². The van der Waals surface area contributed by atoms with Crippen LogP contribution in [0, 0.1) is 6.92 Å². The Bertz CT molecular complexity index is 923. The predicted octanol–water partition coefficient (Wildman–Crippen LogP) is 4.14. The van der Waals surface area contributed by atoms with Gasteiger partial charge < -0.3 is 10.6 Å². The fourth-order valence-electron chi connectivity index (χ4n) is 2.80. The third kappa shape index (κ3) is 6.71. The van der Waals surface area contributed by atoms with Crippen molar-refractivity contribution < 1.29 is 0 Å². The maximum absolute atomic E-state index is 6.22. The molecule has 0 radical (unpaired) electrons. The topological polar surface area (TPSA) is 67.1 Å². The molecule has 0 bridgehead atoms. The molecule has 3 rings (SSSR count). The summed E-state index contributed by atoms with van der Waals surface area (Å²) < 4.78 is 1.95. The molecule has 0 fully saturated rings. The second kappa shape index (κ2) is 11.8. The lowest BCUT2D eigenvalue weighted by Crippen LogP contribution is -2.38. The number of halogens is 2. The van der Waals surface area contributed by atoms with E-state index in [4.69, 9.17) is 11.6 Å². The summed E-state index contributed by atoms with van der Waals surface area (Å²) >= 11 is 6.22. The summed E-state index contributed by atoms with van der Waals surface area (Å²) in [6, 6.07) is 11.9. The zero-order valence-corrected chi connectivity index (χ0v) is 19.7. The Morgan fingerprint density at radius 2 is 1.97 bits per heavy atom. The Balaban J connectivity index is 0.00000300. The van der Waals surface area contributed by atoms with Gasteiger partial charge in [-0.3, -0.25) is 4.57 Å². The number of hydrogen-bond donors (Lipinski definition) is 2. The van der Waals surface area contributed by atoms with Crippen molar-refractivity contribution in [1.82, 2.24) is 25.2 Å². The van der Waals surface area contributed by atoms with E-state index in [1.54, 1.807) is 6.20 Å². The summed E-state index contributed by atoms with van der Waals surface area (Å²) in [6.07, 6.45) is 6.37. The normalized spacial score (nSPS) is 11.1. The Morgan fingerprint density at radius 1 is 1.14 bits per heavy atom. The molecular formula is C21H26ClIN6. The van der Waals surface area contributed by atoms with Gasteiger partial charge in [0.1, 0.15) is 11.6 Å². The molecule has 154 valence electrons. The zero-order valence-electron chi connectivity index (χ0n) is 16.6. The molecule has 29 heavy (non-hydrogen) atoms. The standard InChI is InChI=1S/C21H25ClN6.HI/c1-3-23-21(25-11-10-18-6-4-5-7-19(18)22)27-15-17-8-9-20(26-14-17)28-13-12-24-16(28)2;/h4-9,12-14H,3,10-11,15H2,1-2H3,(H2,23,25,27);1H. The van der Waals surface area contributed by atoms with Gasteiger partial charge in [0, 0.05) is 36.7 Å². The van der Waals surface area contributed by atoms with Crippen molar-refractivity contribution in [3.63, 3.8) is 0 Å². The van der Waals surface area contributed by atoms with Gasteiger partial charge in [0.25, 0.3) is 0 Å². The molecule has 0 aliphatic rings. The van der Waals surface area contributed by atoms with Gasteiger partial charge in [-0.15, -0.1) is 24.0 Å². The summed E-state index contributed by atoms with van der Waals surface area (Å²) in [5.74, 6) is 2.55. The molecule has 2 N–H and O–H groups in total. The molecule has 2 aromatic heterocycles. The molecule has 0 aliphatic carbocycles. The van der Waals surface area contributed by atoms with Crippen LogP contribution in [0.4, 0.5) is 0 Å². The van der Waals surface area contributed by atoms with Gasteiger partial charge in [0.15, 0.2) is 5.96 Å². The van der Waals surface area contributed by atoms with Crippen LogP contribution in [0.15, 0.2) is 60.0 Å².